The van der Waals surface area contributed by atoms with Crippen LogP contribution in [-0.4, -0.2) is 38.1 Å². The molecule has 0 atom stereocenters. The van der Waals surface area contributed by atoms with E-state index in [4.69, 9.17) is 9.47 Å². The molecule has 2 amide bonds. The molecule has 0 saturated heterocycles. The lowest BCUT2D eigenvalue weighted by Gasteiger charge is -2.18. The van der Waals surface area contributed by atoms with Crippen molar-refractivity contribution >= 4 is 11.8 Å². The maximum absolute atomic E-state index is 11.9. The van der Waals surface area contributed by atoms with E-state index in [1.165, 1.54) is 0 Å². The van der Waals surface area contributed by atoms with Gasteiger partial charge < -0.3 is 20.1 Å². The minimum Gasteiger partial charge on any atom is -0.486 e. The summed E-state index contributed by atoms with van der Waals surface area (Å²) in [5.41, 5.74) is 1.59. The Labute approximate surface area is 146 Å². The summed E-state index contributed by atoms with van der Waals surface area (Å²) in [6.07, 6.45) is 0.676. The quantitative estimate of drug-likeness (QED) is 0.836. The van der Waals surface area contributed by atoms with E-state index in [-0.39, 0.29) is 18.4 Å². The van der Waals surface area contributed by atoms with Crippen molar-refractivity contribution in [3.8, 4) is 11.5 Å². The van der Waals surface area contributed by atoms with Gasteiger partial charge >= 0.3 is 0 Å². The van der Waals surface area contributed by atoms with Crippen molar-refractivity contribution < 1.29 is 19.1 Å². The molecule has 0 aliphatic carbocycles. The Kier molecular flexibility index (Phi) is 5.51. The van der Waals surface area contributed by atoms with E-state index in [0.29, 0.717) is 31.7 Å². The lowest BCUT2D eigenvalue weighted by atomic mass is 10.1. The third-order valence-electron chi connectivity index (χ3n) is 3.79. The predicted octanol–water partition coefficient (Wildman–Crippen LogP) is 1.55. The second-order valence-corrected chi connectivity index (χ2v) is 5.63. The van der Waals surface area contributed by atoms with E-state index < -0.39 is 0 Å². The van der Waals surface area contributed by atoms with Crippen molar-refractivity contribution in [2.75, 3.05) is 26.3 Å². The zero-order valence-electron chi connectivity index (χ0n) is 13.8. The first-order valence-corrected chi connectivity index (χ1v) is 8.21. The monoisotopic (exact) mass is 340 g/mol. The average Bonchev–Trinajstić information content (AvgIpc) is 2.66. The van der Waals surface area contributed by atoms with Gasteiger partial charge in [-0.3, -0.25) is 9.59 Å². The fraction of sp³-hybridized carbons (Fsp3) is 0.263. The summed E-state index contributed by atoms with van der Waals surface area (Å²) in [4.78, 5) is 23.7. The molecule has 0 fully saturated rings. The first kappa shape index (κ1) is 16.8. The Bertz CT molecular complexity index is 746. The molecule has 1 aliphatic heterocycles. The molecule has 0 saturated carbocycles. The summed E-state index contributed by atoms with van der Waals surface area (Å²) < 4.78 is 11.0. The molecule has 0 aromatic heterocycles. The van der Waals surface area contributed by atoms with E-state index in [1.807, 2.05) is 24.3 Å². The van der Waals surface area contributed by atoms with Gasteiger partial charge in [0.15, 0.2) is 11.5 Å². The Morgan fingerprint density at radius 2 is 1.68 bits per heavy atom. The van der Waals surface area contributed by atoms with Gasteiger partial charge in [0.2, 0.25) is 5.91 Å². The Morgan fingerprint density at radius 1 is 0.920 bits per heavy atom. The lowest BCUT2D eigenvalue weighted by molar-refractivity contribution is -0.120. The van der Waals surface area contributed by atoms with Crippen LogP contribution >= 0.6 is 0 Å². The number of ether oxygens (including phenoxy) is 2. The van der Waals surface area contributed by atoms with Gasteiger partial charge in [0.25, 0.3) is 5.91 Å². The summed E-state index contributed by atoms with van der Waals surface area (Å²) in [6.45, 7) is 1.56. The topological polar surface area (TPSA) is 76.7 Å². The van der Waals surface area contributed by atoms with Crippen molar-refractivity contribution in [2.24, 2.45) is 0 Å². The van der Waals surface area contributed by atoms with Crippen LogP contribution in [0.15, 0.2) is 48.5 Å². The van der Waals surface area contributed by atoms with Crippen LogP contribution in [0.2, 0.25) is 0 Å². The summed E-state index contributed by atoms with van der Waals surface area (Å²) in [6, 6.07) is 14.6. The summed E-state index contributed by atoms with van der Waals surface area (Å²) >= 11 is 0. The molecule has 2 aromatic carbocycles. The van der Waals surface area contributed by atoms with Gasteiger partial charge in [0, 0.05) is 12.1 Å². The largest absolute Gasteiger partial charge is 0.486 e. The summed E-state index contributed by atoms with van der Waals surface area (Å²) in [5, 5.41) is 5.39. The molecule has 25 heavy (non-hydrogen) atoms. The van der Waals surface area contributed by atoms with E-state index in [9.17, 15) is 9.59 Å². The van der Waals surface area contributed by atoms with Gasteiger partial charge in [0.1, 0.15) is 13.2 Å². The van der Waals surface area contributed by atoms with Crippen molar-refractivity contribution in [1.29, 1.82) is 0 Å². The third kappa shape index (κ3) is 4.73. The standard InChI is InChI=1S/C19H20N2O4/c22-18(13-21-19(23)15-4-2-1-3-5-15)20-9-8-14-6-7-16-17(12-14)25-11-10-24-16/h1-7,12H,8-11,13H2,(H,20,22)(H,21,23). The summed E-state index contributed by atoms with van der Waals surface area (Å²) in [5.74, 6) is 1.01. The smallest absolute Gasteiger partial charge is 0.251 e. The second-order valence-electron chi connectivity index (χ2n) is 5.63. The maximum Gasteiger partial charge on any atom is 0.251 e. The fourth-order valence-electron chi connectivity index (χ4n) is 2.50. The van der Waals surface area contributed by atoms with Crippen molar-refractivity contribution in [3.05, 3.63) is 59.7 Å². The molecule has 0 radical (unpaired) electrons. The van der Waals surface area contributed by atoms with Gasteiger partial charge in [-0.2, -0.15) is 0 Å². The van der Waals surface area contributed by atoms with Crippen LogP contribution in [0.1, 0.15) is 15.9 Å². The molecule has 6 nitrogen and oxygen atoms in total. The zero-order chi connectivity index (χ0) is 17.5. The molecule has 130 valence electrons. The minimum absolute atomic E-state index is 0.0468. The number of benzene rings is 2. The van der Waals surface area contributed by atoms with Crippen LogP contribution in [0.3, 0.4) is 0 Å². The Hall–Kier alpha value is -3.02. The fourth-order valence-corrected chi connectivity index (χ4v) is 2.50. The average molecular weight is 340 g/mol. The number of fused-ring (bicyclic) bond motifs is 1. The van der Waals surface area contributed by atoms with Crippen LogP contribution in [0.25, 0.3) is 0 Å². The second kappa shape index (κ2) is 8.19. The normalized spacial score (nSPS) is 12.3. The number of hydrogen-bond acceptors (Lipinski definition) is 4. The Morgan fingerprint density at radius 3 is 2.48 bits per heavy atom. The molecule has 0 bridgehead atoms. The number of amides is 2. The zero-order valence-corrected chi connectivity index (χ0v) is 13.8. The van der Waals surface area contributed by atoms with Gasteiger partial charge in [-0.15, -0.1) is 0 Å². The van der Waals surface area contributed by atoms with Crippen molar-refractivity contribution in [3.63, 3.8) is 0 Å². The molecular formula is C19H20N2O4. The molecule has 2 N–H and O–H groups in total. The summed E-state index contributed by atoms with van der Waals surface area (Å²) in [7, 11) is 0. The molecule has 0 spiro atoms. The highest BCUT2D eigenvalue weighted by atomic mass is 16.6. The highest BCUT2D eigenvalue weighted by Gasteiger charge is 2.12. The van der Waals surface area contributed by atoms with E-state index >= 15 is 0 Å². The molecule has 1 heterocycles. The molecule has 1 aliphatic rings. The van der Waals surface area contributed by atoms with Crippen LogP contribution in [-0.2, 0) is 11.2 Å². The van der Waals surface area contributed by atoms with Gasteiger partial charge in [0.05, 0.1) is 6.54 Å². The molecule has 3 rings (SSSR count). The maximum atomic E-state index is 11.9. The van der Waals surface area contributed by atoms with Crippen LogP contribution in [0.4, 0.5) is 0 Å². The SMILES string of the molecule is O=C(CNC(=O)c1ccccc1)NCCc1ccc2c(c1)OCCO2. The number of nitrogens with one attached hydrogen (secondary N) is 2. The van der Waals surface area contributed by atoms with Gasteiger partial charge in [-0.1, -0.05) is 24.3 Å². The van der Waals surface area contributed by atoms with Crippen molar-refractivity contribution in [1.82, 2.24) is 10.6 Å². The number of carbonyl (C=O) groups excluding carboxylic acids is 2. The molecule has 0 unspecified atom stereocenters. The van der Waals surface area contributed by atoms with E-state index in [1.54, 1.807) is 24.3 Å². The Balaban J connectivity index is 1.40. The highest BCUT2D eigenvalue weighted by molar-refractivity contribution is 5.96. The van der Waals surface area contributed by atoms with Crippen LogP contribution < -0.4 is 20.1 Å². The number of rotatable bonds is 6. The van der Waals surface area contributed by atoms with E-state index in [0.717, 1.165) is 17.1 Å². The molecular weight excluding hydrogens is 320 g/mol. The van der Waals surface area contributed by atoms with Crippen molar-refractivity contribution in [2.45, 2.75) is 6.42 Å². The third-order valence-corrected chi connectivity index (χ3v) is 3.79. The molecule has 6 heteroatoms. The highest BCUT2D eigenvalue weighted by Crippen LogP contribution is 2.30. The van der Waals surface area contributed by atoms with Crippen LogP contribution in [0.5, 0.6) is 11.5 Å². The number of hydrogen-bond donors (Lipinski definition) is 2. The van der Waals surface area contributed by atoms with Gasteiger partial charge in [-0.05, 0) is 36.2 Å². The first-order chi connectivity index (χ1) is 12.2. The number of carbonyl (C=O) groups is 2. The van der Waals surface area contributed by atoms with Crippen LogP contribution in [0, 0.1) is 0 Å². The van der Waals surface area contributed by atoms with E-state index in [2.05, 4.69) is 10.6 Å². The minimum atomic E-state index is -0.261. The lowest BCUT2D eigenvalue weighted by Crippen LogP contribution is -2.37. The van der Waals surface area contributed by atoms with Gasteiger partial charge in [-0.25, -0.2) is 0 Å². The first-order valence-electron chi connectivity index (χ1n) is 8.21. The molecule has 2 aromatic rings. The predicted molar refractivity (Wildman–Crippen MR) is 92.9 cm³/mol.